The van der Waals surface area contributed by atoms with Gasteiger partial charge >= 0.3 is 5.97 Å². The second-order valence-corrected chi connectivity index (χ2v) is 5.20. The Kier molecular flexibility index (Phi) is 6.86. The smallest absolute Gasteiger partial charge is 0.313 e. The van der Waals surface area contributed by atoms with Crippen LogP contribution in [0.1, 0.15) is 25.7 Å². The highest BCUT2D eigenvalue weighted by Crippen LogP contribution is 2.21. The number of halogens is 2. The summed E-state index contributed by atoms with van der Waals surface area (Å²) in [6.45, 7) is 3.35. The molecule has 0 aliphatic heterocycles. The Labute approximate surface area is 119 Å². The number of aromatic nitrogens is 3. The molecule has 0 aromatic carbocycles. The van der Waals surface area contributed by atoms with E-state index in [-0.39, 0.29) is 18.4 Å². The van der Waals surface area contributed by atoms with Gasteiger partial charge in [-0.15, -0.1) is 10.2 Å². The van der Waals surface area contributed by atoms with Gasteiger partial charge in [-0.3, -0.25) is 4.79 Å². The minimum atomic E-state index is -2.49. The number of ether oxygens (including phenoxy) is 1. The van der Waals surface area contributed by atoms with Crippen LogP contribution in [0.5, 0.6) is 0 Å². The molecule has 114 valence electrons. The highest BCUT2D eigenvalue weighted by Gasteiger charge is 2.16. The van der Waals surface area contributed by atoms with Crippen molar-refractivity contribution in [2.24, 2.45) is 0 Å². The predicted octanol–water partition coefficient (Wildman–Crippen LogP) is 1.86. The summed E-state index contributed by atoms with van der Waals surface area (Å²) < 4.78 is 30.5. The first-order chi connectivity index (χ1) is 9.41. The topological polar surface area (TPSA) is 77.2 Å². The quantitative estimate of drug-likeness (QED) is 0.554. The number of aliphatic carboxylic acids is 1. The first kappa shape index (κ1) is 16.8. The fourth-order valence-electron chi connectivity index (χ4n) is 1.56. The third kappa shape index (κ3) is 5.41. The normalized spacial score (nSPS) is 11.5. The highest BCUT2D eigenvalue weighted by molar-refractivity contribution is 7.99. The monoisotopic (exact) mass is 309 g/mol. The second-order valence-electron chi connectivity index (χ2n) is 4.26. The Bertz CT molecular complexity index is 441. The molecule has 9 heteroatoms. The lowest BCUT2D eigenvalue weighted by molar-refractivity contribution is -0.133. The Morgan fingerprint density at radius 2 is 2.15 bits per heavy atom. The fourth-order valence-corrected chi connectivity index (χ4v) is 2.36. The van der Waals surface area contributed by atoms with Crippen molar-refractivity contribution in [1.82, 2.24) is 14.8 Å². The van der Waals surface area contributed by atoms with Gasteiger partial charge in [0, 0.05) is 12.5 Å². The molecule has 0 fully saturated rings. The van der Waals surface area contributed by atoms with Gasteiger partial charge in [0.2, 0.25) is 0 Å². The van der Waals surface area contributed by atoms with Crippen molar-refractivity contribution in [1.29, 1.82) is 0 Å². The lowest BCUT2D eigenvalue weighted by Crippen LogP contribution is -2.13. The van der Waals surface area contributed by atoms with E-state index < -0.39 is 19.0 Å². The van der Waals surface area contributed by atoms with E-state index in [4.69, 9.17) is 9.84 Å². The molecule has 1 aromatic rings. The number of nitrogens with zero attached hydrogens (tertiary/aromatic N) is 3. The number of hydrogen-bond acceptors (Lipinski definition) is 5. The molecule has 0 atom stereocenters. The second kappa shape index (κ2) is 8.15. The molecule has 0 amide bonds. The van der Waals surface area contributed by atoms with Crippen molar-refractivity contribution >= 4 is 17.7 Å². The van der Waals surface area contributed by atoms with Crippen LogP contribution in [0.2, 0.25) is 0 Å². The molecule has 1 aromatic heterocycles. The lowest BCUT2D eigenvalue weighted by atomic mass is 10.3. The van der Waals surface area contributed by atoms with Gasteiger partial charge in [0.05, 0.1) is 12.4 Å². The zero-order valence-corrected chi connectivity index (χ0v) is 12.1. The van der Waals surface area contributed by atoms with Gasteiger partial charge in [-0.1, -0.05) is 11.8 Å². The van der Waals surface area contributed by atoms with E-state index >= 15 is 0 Å². The van der Waals surface area contributed by atoms with Crippen LogP contribution in [0.15, 0.2) is 5.16 Å². The largest absolute Gasteiger partial charge is 0.481 e. The zero-order valence-electron chi connectivity index (χ0n) is 11.3. The molecule has 1 heterocycles. The van der Waals surface area contributed by atoms with E-state index in [1.165, 1.54) is 0 Å². The van der Waals surface area contributed by atoms with Crippen LogP contribution in [0.4, 0.5) is 8.78 Å². The molecule has 20 heavy (non-hydrogen) atoms. The van der Waals surface area contributed by atoms with Crippen LogP contribution in [-0.4, -0.2) is 51.2 Å². The third-order valence-electron chi connectivity index (χ3n) is 2.29. The van der Waals surface area contributed by atoms with Gasteiger partial charge < -0.3 is 14.4 Å². The van der Waals surface area contributed by atoms with Crippen LogP contribution < -0.4 is 0 Å². The van der Waals surface area contributed by atoms with Crippen LogP contribution >= 0.6 is 11.8 Å². The van der Waals surface area contributed by atoms with E-state index in [0.29, 0.717) is 17.4 Å². The molecule has 0 unspecified atom stereocenters. The summed E-state index contributed by atoms with van der Waals surface area (Å²) >= 11 is 1.08. The molecular weight excluding hydrogens is 292 g/mol. The summed E-state index contributed by atoms with van der Waals surface area (Å²) in [7, 11) is 0. The summed E-state index contributed by atoms with van der Waals surface area (Å²) in [4.78, 5) is 10.6. The summed E-state index contributed by atoms with van der Waals surface area (Å²) in [6, 6.07) is 0.0476. The maximum absolute atomic E-state index is 11.9. The number of thioether (sulfide) groups is 1. The van der Waals surface area contributed by atoms with Crippen molar-refractivity contribution < 1.29 is 23.4 Å². The van der Waals surface area contributed by atoms with Crippen molar-refractivity contribution in [3.8, 4) is 0 Å². The zero-order chi connectivity index (χ0) is 15.1. The SMILES string of the molecule is CC(C)n1c(CCOCC(F)F)nnc1SCC(=O)O. The van der Waals surface area contributed by atoms with E-state index in [9.17, 15) is 13.6 Å². The van der Waals surface area contributed by atoms with Crippen molar-refractivity contribution in [3.63, 3.8) is 0 Å². The standard InChI is InChI=1S/C11H17F2N3O3S/c1-7(2)16-9(3-4-19-5-8(12)13)14-15-11(16)20-6-10(17)18/h7-8H,3-6H2,1-2H3,(H,17,18). The van der Waals surface area contributed by atoms with Crippen LogP contribution in [-0.2, 0) is 16.0 Å². The summed E-state index contributed by atoms with van der Waals surface area (Å²) in [5.74, 6) is -0.440. The molecule has 0 saturated carbocycles. The number of carbonyl (C=O) groups is 1. The van der Waals surface area contributed by atoms with Crippen LogP contribution in [0.25, 0.3) is 0 Å². The maximum atomic E-state index is 11.9. The molecule has 0 aliphatic carbocycles. The molecule has 6 nitrogen and oxygen atoms in total. The van der Waals surface area contributed by atoms with Crippen LogP contribution in [0.3, 0.4) is 0 Å². The Hall–Kier alpha value is -1.22. The van der Waals surface area contributed by atoms with E-state index in [2.05, 4.69) is 10.2 Å². The Morgan fingerprint density at radius 1 is 1.45 bits per heavy atom. The van der Waals surface area contributed by atoms with Gasteiger partial charge in [0.25, 0.3) is 6.43 Å². The molecule has 1 rings (SSSR count). The van der Waals surface area contributed by atoms with Gasteiger partial charge in [0.15, 0.2) is 5.16 Å². The molecule has 0 aliphatic rings. The Balaban J connectivity index is 2.63. The summed E-state index contributed by atoms with van der Waals surface area (Å²) in [5.41, 5.74) is 0. The van der Waals surface area contributed by atoms with Crippen molar-refractivity contribution in [3.05, 3.63) is 5.82 Å². The number of rotatable bonds is 9. The average Bonchev–Trinajstić information content (AvgIpc) is 2.75. The molecule has 0 saturated heterocycles. The number of alkyl halides is 2. The fraction of sp³-hybridized carbons (Fsp3) is 0.727. The molecule has 0 spiro atoms. The van der Waals surface area contributed by atoms with E-state index in [1.807, 2.05) is 13.8 Å². The molecule has 0 bridgehead atoms. The minimum Gasteiger partial charge on any atom is -0.481 e. The lowest BCUT2D eigenvalue weighted by Gasteiger charge is -2.13. The molecular formula is C11H17F2N3O3S. The highest BCUT2D eigenvalue weighted by atomic mass is 32.2. The average molecular weight is 309 g/mol. The van der Waals surface area contributed by atoms with Gasteiger partial charge in [0.1, 0.15) is 12.4 Å². The van der Waals surface area contributed by atoms with Gasteiger partial charge in [-0.2, -0.15) is 0 Å². The van der Waals surface area contributed by atoms with Crippen LogP contribution in [0, 0.1) is 0 Å². The van der Waals surface area contributed by atoms with E-state index in [1.54, 1.807) is 4.57 Å². The van der Waals surface area contributed by atoms with Crippen molar-refractivity contribution in [2.45, 2.75) is 37.9 Å². The van der Waals surface area contributed by atoms with Gasteiger partial charge in [-0.25, -0.2) is 8.78 Å². The minimum absolute atomic E-state index is 0.0476. The van der Waals surface area contributed by atoms with Gasteiger partial charge in [-0.05, 0) is 13.8 Å². The summed E-state index contributed by atoms with van der Waals surface area (Å²) in [6.07, 6.45) is -2.13. The molecule has 0 radical (unpaired) electrons. The predicted molar refractivity (Wildman–Crippen MR) is 69.3 cm³/mol. The number of carboxylic acids is 1. The molecule has 1 N–H and O–H groups in total. The first-order valence-electron chi connectivity index (χ1n) is 6.06. The summed E-state index contributed by atoms with van der Waals surface area (Å²) in [5, 5.41) is 17.1. The van der Waals surface area contributed by atoms with E-state index in [0.717, 1.165) is 11.8 Å². The third-order valence-corrected chi connectivity index (χ3v) is 3.22. The maximum Gasteiger partial charge on any atom is 0.313 e. The number of carboxylic acid groups (broad SMARTS) is 1. The number of hydrogen-bond donors (Lipinski definition) is 1. The first-order valence-corrected chi connectivity index (χ1v) is 7.04. The Morgan fingerprint density at radius 3 is 2.70 bits per heavy atom. The van der Waals surface area contributed by atoms with Crippen molar-refractivity contribution in [2.75, 3.05) is 19.0 Å².